The Bertz CT molecular complexity index is 461. The molecule has 0 aliphatic carbocycles. The fourth-order valence-corrected chi connectivity index (χ4v) is 1.57. The standard InChI is InChI=1S/C15H18O3/c1-5-6-13-7-12(9-16)8-14(17-4)15(13)18-10-11(2)3/h5,7-9H,1-2,6,10H2,3-4H3. The molecule has 3 heteroatoms. The molecule has 3 nitrogen and oxygen atoms in total. The van der Waals surface area contributed by atoms with E-state index in [1.807, 2.05) is 6.92 Å². The fraction of sp³-hybridized carbons (Fsp3) is 0.267. The first kappa shape index (κ1) is 14.0. The molecule has 0 N–H and O–H groups in total. The van der Waals surface area contributed by atoms with Crippen molar-refractivity contribution in [2.45, 2.75) is 13.3 Å². The molecule has 0 unspecified atom stereocenters. The number of aldehydes is 1. The van der Waals surface area contributed by atoms with Gasteiger partial charge in [-0.05, 0) is 31.1 Å². The van der Waals surface area contributed by atoms with E-state index in [2.05, 4.69) is 13.2 Å². The van der Waals surface area contributed by atoms with Gasteiger partial charge in [0.05, 0.1) is 7.11 Å². The summed E-state index contributed by atoms with van der Waals surface area (Å²) in [6.45, 7) is 9.80. The Balaban J connectivity index is 3.19. The van der Waals surface area contributed by atoms with Gasteiger partial charge in [-0.3, -0.25) is 4.79 Å². The van der Waals surface area contributed by atoms with Gasteiger partial charge >= 0.3 is 0 Å². The smallest absolute Gasteiger partial charge is 0.165 e. The second-order valence-corrected chi connectivity index (χ2v) is 4.07. The SMILES string of the molecule is C=CCc1cc(C=O)cc(OC)c1OCC(=C)C. The quantitative estimate of drug-likeness (QED) is 0.547. The predicted molar refractivity (Wildman–Crippen MR) is 72.6 cm³/mol. The predicted octanol–water partition coefficient (Wildman–Crippen LogP) is 3.19. The van der Waals surface area contributed by atoms with Crippen LogP contribution in [0.3, 0.4) is 0 Å². The van der Waals surface area contributed by atoms with E-state index >= 15 is 0 Å². The highest BCUT2D eigenvalue weighted by Gasteiger charge is 2.12. The molecular weight excluding hydrogens is 228 g/mol. The summed E-state index contributed by atoms with van der Waals surface area (Å²) in [7, 11) is 1.55. The van der Waals surface area contributed by atoms with Crippen molar-refractivity contribution in [2.75, 3.05) is 13.7 Å². The van der Waals surface area contributed by atoms with Crippen molar-refractivity contribution in [1.29, 1.82) is 0 Å². The summed E-state index contributed by atoms with van der Waals surface area (Å²) in [6, 6.07) is 3.44. The molecule has 0 aliphatic heterocycles. The summed E-state index contributed by atoms with van der Waals surface area (Å²) >= 11 is 0. The summed E-state index contributed by atoms with van der Waals surface area (Å²) in [5.41, 5.74) is 2.36. The van der Waals surface area contributed by atoms with E-state index in [4.69, 9.17) is 9.47 Å². The van der Waals surface area contributed by atoms with E-state index < -0.39 is 0 Å². The monoisotopic (exact) mass is 246 g/mol. The summed E-state index contributed by atoms with van der Waals surface area (Å²) < 4.78 is 10.9. The van der Waals surface area contributed by atoms with E-state index in [9.17, 15) is 4.79 Å². The van der Waals surface area contributed by atoms with Gasteiger partial charge in [-0.15, -0.1) is 6.58 Å². The topological polar surface area (TPSA) is 35.5 Å². The van der Waals surface area contributed by atoms with Crippen LogP contribution < -0.4 is 9.47 Å². The Hall–Kier alpha value is -2.03. The second kappa shape index (κ2) is 6.64. The van der Waals surface area contributed by atoms with Gasteiger partial charge < -0.3 is 9.47 Å². The highest BCUT2D eigenvalue weighted by atomic mass is 16.5. The zero-order chi connectivity index (χ0) is 13.5. The van der Waals surface area contributed by atoms with Crippen LogP contribution in [0.4, 0.5) is 0 Å². The number of rotatable bonds is 7. The van der Waals surface area contributed by atoms with Gasteiger partial charge in [0.15, 0.2) is 11.5 Å². The van der Waals surface area contributed by atoms with E-state index in [1.165, 1.54) is 0 Å². The van der Waals surface area contributed by atoms with Crippen LogP contribution in [0.25, 0.3) is 0 Å². The molecule has 1 aromatic carbocycles. The summed E-state index contributed by atoms with van der Waals surface area (Å²) in [5.74, 6) is 1.20. The summed E-state index contributed by atoms with van der Waals surface area (Å²) in [4.78, 5) is 10.9. The lowest BCUT2D eigenvalue weighted by atomic mass is 10.1. The third-order valence-corrected chi connectivity index (χ3v) is 2.34. The minimum Gasteiger partial charge on any atom is -0.493 e. The van der Waals surface area contributed by atoms with Crippen molar-refractivity contribution in [3.63, 3.8) is 0 Å². The van der Waals surface area contributed by atoms with E-state index in [1.54, 1.807) is 25.3 Å². The minimum absolute atomic E-state index is 0.418. The van der Waals surface area contributed by atoms with Crippen LogP contribution in [0, 0.1) is 0 Å². The van der Waals surface area contributed by atoms with Crippen LogP contribution in [0.1, 0.15) is 22.8 Å². The van der Waals surface area contributed by atoms with Gasteiger partial charge in [0, 0.05) is 11.1 Å². The molecule has 0 aromatic heterocycles. The van der Waals surface area contributed by atoms with Gasteiger partial charge in [-0.1, -0.05) is 12.7 Å². The van der Waals surface area contributed by atoms with Gasteiger partial charge in [0.25, 0.3) is 0 Å². The number of carbonyl (C=O) groups excluding carboxylic acids is 1. The number of hydrogen-bond acceptors (Lipinski definition) is 3. The molecular formula is C15H18O3. The van der Waals surface area contributed by atoms with Crippen molar-refractivity contribution in [3.8, 4) is 11.5 Å². The lowest BCUT2D eigenvalue weighted by molar-refractivity contribution is 0.112. The maximum Gasteiger partial charge on any atom is 0.165 e. The highest BCUT2D eigenvalue weighted by molar-refractivity contribution is 5.77. The molecule has 1 aromatic rings. The van der Waals surface area contributed by atoms with Crippen molar-refractivity contribution in [3.05, 3.63) is 48.1 Å². The summed E-state index contributed by atoms with van der Waals surface area (Å²) in [6.07, 6.45) is 3.16. The molecule has 0 saturated heterocycles. The zero-order valence-corrected chi connectivity index (χ0v) is 10.9. The maximum atomic E-state index is 10.9. The average molecular weight is 246 g/mol. The van der Waals surface area contributed by atoms with Crippen molar-refractivity contribution in [2.24, 2.45) is 0 Å². The Labute approximate surface area is 108 Å². The Morgan fingerprint density at radius 1 is 1.44 bits per heavy atom. The molecule has 18 heavy (non-hydrogen) atoms. The molecule has 0 bridgehead atoms. The molecule has 0 spiro atoms. The van der Waals surface area contributed by atoms with Crippen LogP contribution in [0.15, 0.2) is 36.9 Å². The first-order valence-corrected chi connectivity index (χ1v) is 5.66. The molecule has 0 amide bonds. The number of benzene rings is 1. The Morgan fingerprint density at radius 3 is 2.67 bits per heavy atom. The third-order valence-electron chi connectivity index (χ3n) is 2.34. The van der Waals surface area contributed by atoms with Crippen molar-refractivity contribution >= 4 is 6.29 Å². The van der Waals surface area contributed by atoms with E-state index in [0.29, 0.717) is 30.1 Å². The van der Waals surface area contributed by atoms with E-state index in [0.717, 1.165) is 17.4 Å². The van der Waals surface area contributed by atoms with E-state index in [-0.39, 0.29) is 0 Å². The number of methoxy groups -OCH3 is 1. The molecule has 0 fully saturated rings. The average Bonchev–Trinajstić information content (AvgIpc) is 2.36. The third kappa shape index (κ3) is 3.48. The van der Waals surface area contributed by atoms with Crippen LogP contribution in [0.2, 0.25) is 0 Å². The molecule has 0 aliphatic rings. The second-order valence-electron chi connectivity index (χ2n) is 4.07. The van der Waals surface area contributed by atoms with Crippen LogP contribution >= 0.6 is 0 Å². The largest absolute Gasteiger partial charge is 0.493 e. The molecule has 1 rings (SSSR count). The van der Waals surface area contributed by atoms with Crippen LogP contribution in [-0.4, -0.2) is 20.0 Å². The normalized spacial score (nSPS) is 9.67. The van der Waals surface area contributed by atoms with Gasteiger partial charge in [-0.25, -0.2) is 0 Å². The molecule has 0 heterocycles. The lowest BCUT2D eigenvalue weighted by Crippen LogP contribution is -2.03. The number of ether oxygens (including phenoxy) is 2. The summed E-state index contributed by atoms with van der Waals surface area (Å²) in [5, 5.41) is 0. The van der Waals surface area contributed by atoms with Crippen LogP contribution in [0.5, 0.6) is 11.5 Å². The number of hydrogen-bond donors (Lipinski definition) is 0. The number of carbonyl (C=O) groups is 1. The highest BCUT2D eigenvalue weighted by Crippen LogP contribution is 2.33. The van der Waals surface area contributed by atoms with Crippen molar-refractivity contribution in [1.82, 2.24) is 0 Å². The fourth-order valence-electron chi connectivity index (χ4n) is 1.57. The maximum absolute atomic E-state index is 10.9. The minimum atomic E-state index is 0.418. The van der Waals surface area contributed by atoms with Crippen LogP contribution in [-0.2, 0) is 6.42 Å². The Kier molecular flexibility index (Phi) is 5.18. The molecule has 0 atom stereocenters. The van der Waals surface area contributed by atoms with Gasteiger partial charge in [0.1, 0.15) is 12.9 Å². The molecule has 96 valence electrons. The first-order valence-electron chi connectivity index (χ1n) is 5.66. The van der Waals surface area contributed by atoms with Gasteiger partial charge in [0.2, 0.25) is 0 Å². The first-order chi connectivity index (χ1) is 8.62. The molecule has 0 saturated carbocycles. The lowest BCUT2D eigenvalue weighted by Gasteiger charge is -2.15. The zero-order valence-electron chi connectivity index (χ0n) is 10.9. The molecule has 0 radical (unpaired) electrons. The number of allylic oxidation sites excluding steroid dienone is 1. The van der Waals surface area contributed by atoms with Crippen molar-refractivity contribution < 1.29 is 14.3 Å². The Morgan fingerprint density at radius 2 is 2.17 bits per heavy atom. The van der Waals surface area contributed by atoms with Gasteiger partial charge in [-0.2, -0.15) is 0 Å².